The summed E-state index contributed by atoms with van der Waals surface area (Å²) in [5.74, 6) is 0.894. The Morgan fingerprint density at radius 2 is 1.36 bits per heavy atom. The summed E-state index contributed by atoms with van der Waals surface area (Å²) in [6.07, 6.45) is 0. The zero-order chi connectivity index (χ0) is 14.9. The van der Waals surface area contributed by atoms with Crippen molar-refractivity contribution in [3.05, 3.63) is 77.3 Å². The third kappa shape index (κ3) is 2.24. The smallest absolute Gasteiger partial charge is 0.138 e. The SMILES string of the molecule is Brc1ccc2[nH]c(-c3ccccc3)nc2c1-c1ccccc1. The first kappa shape index (κ1) is 13.3. The molecule has 1 heterocycles. The first-order chi connectivity index (χ1) is 10.8. The van der Waals surface area contributed by atoms with Crippen LogP contribution >= 0.6 is 15.9 Å². The van der Waals surface area contributed by atoms with Crippen molar-refractivity contribution in [1.82, 2.24) is 9.97 Å². The van der Waals surface area contributed by atoms with Gasteiger partial charge in [-0.25, -0.2) is 4.98 Å². The average molecular weight is 349 g/mol. The molecule has 0 aliphatic rings. The molecule has 3 heteroatoms. The zero-order valence-corrected chi connectivity index (χ0v) is 13.3. The number of benzene rings is 3. The third-order valence-electron chi connectivity index (χ3n) is 3.71. The highest BCUT2D eigenvalue weighted by molar-refractivity contribution is 9.10. The van der Waals surface area contributed by atoms with Gasteiger partial charge in [-0.05, 0) is 17.7 Å². The molecule has 106 valence electrons. The Kier molecular flexibility index (Phi) is 3.28. The second-order valence-corrected chi connectivity index (χ2v) is 5.99. The fraction of sp³-hybridized carbons (Fsp3) is 0. The quantitative estimate of drug-likeness (QED) is 0.497. The number of hydrogen-bond acceptors (Lipinski definition) is 1. The number of H-pyrrole nitrogens is 1. The maximum atomic E-state index is 4.83. The van der Waals surface area contributed by atoms with E-state index in [-0.39, 0.29) is 0 Å². The van der Waals surface area contributed by atoms with E-state index < -0.39 is 0 Å². The average Bonchev–Trinajstić information content (AvgIpc) is 3.00. The second-order valence-electron chi connectivity index (χ2n) is 5.14. The minimum atomic E-state index is 0.894. The van der Waals surface area contributed by atoms with Crippen molar-refractivity contribution in [2.75, 3.05) is 0 Å². The normalized spacial score (nSPS) is 11.0. The van der Waals surface area contributed by atoms with Crippen molar-refractivity contribution >= 4 is 27.0 Å². The molecule has 0 saturated heterocycles. The lowest BCUT2D eigenvalue weighted by atomic mass is 10.0. The highest BCUT2D eigenvalue weighted by atomic mass is 79.9. The van der Waals surface area contributed by atoms with Crippen molar-refractivity contribution in [2.24, 2.45) is 0 Å². The summed E-state index contributed by atoms with van der Waals surface area (Å²) >= 11 is 3.67. The highest BCUT2D eigenvalue weighted by Gasteiger charge is 2.13. The third-order valence-corrected chi connectivity index (χ3v) is 4.37. The molecule has 4 rings (SSSR count). The Morgan fingerprint density at radius 3 is 2.05 bits per heavy atom. The second kappa shape index (κ2) is 5.43. The molecule has 3 aromatic carbocycles. The van der Waals surface area contributed by atoms with Crippen LogP contribution in [0.1, 0.15) is 0 Å². The predicted molar refractivity (Wildman–Crippen MR) is 94.7 cm³/mol. The summed E-state index contributed by atoms with van der Waals surface area (Å²) in [7, 11) is 0. The Hall–Kier alpha value is -2.39. The van der Waals surface area contributed by atoms with Gasteiger partial charge < -0.3 is 4.98 Å². The molecule has 0 amide bonds. The maximum absolute atomic E-state index is 4.83. The van der Waals surface area contributed by atoms with Crippen molar-refractivity contribution in [3.63, 3.8) is 0 Å². The Morgan fingerprint density at radius 1 is 0.727 bits per heavy atom. The summed E-state index contributed by atoms with van der Waals surface area (Å²) in [6, 6.07) is 24.7. The topological polar surface area (TPSA) is 28.7 Å². The lowest BCUT2D eigenvalue weighted by molar-refractivity contribution is 1.34. The molecular formula is C19H13BrN2. The van der Waals surface area contributed by atoms with Gasteiger partial charge in [0.1, 0.15) is 5.82 Å². The van der Waals surface area contributed by atoms with Crippen molar-refractivity contribution in [1.29, 1.82) is 0 Å². The maximum Gasteiger partial charge on any atom is 0.138 e. The summed E-state index contributed by atoms with van der Waals surface area (Å²) in [4.78, 5) is 8.25. The van der Waals surface area contributed by atoms with Gasteiger partial charge in [0.05, 0.1) is 11.0 Å². The Balaban J connectivity index is 1.98. The number of hydrogen-bond donors (Lipinski definition) is 1. The van der Waals surface area contributed by atoms with E-state index >= 15 is 0 Å². The molecule has 22 heavy (non-hydrogen) atoms. The molecule has 0 aliphatic heterocycles. The number of nitrogens with one attached hydrogen (secondary N) is 1. The minimum Gasteiger partial charge on any atom is -0.338 e. The number of aromatic amines is 1. The molecule has 4 aromatic rings. The number of fused-ring (bicyclic) bond motifs is 1. The van der Waals surface area contributed by atoms with Crippen LogP contribution in [0.2, 0.25) is 0 Å². The monoisotopic (exact) mass is 348 g/mol. The summed E-state index contributed by atoms with van der Waals surface area (Å²) < 4.78 is 1.05. The first-order valence-electron chi connectivity index (χ1n) is 7.12. The fourth-order valence-corrected chi connectivity index (χ4v) is 3.21. The number of aromatic nitrogens is 2. The molecule has 0 spiro atoms. The number of nitrogens with zero attached hydrogens (tertiary/aromatic N) is 1. The standard InChI is InChI=1S/C19H13BrN2/c20-15-11-12-16-18(17(15)13-7-3-1-4-8-13)22-19(21-16)14-9-5-2-6-10-14/h1-12H,(H,21,22). The number of halogens is 1. The molecule has 0 fully saturated rings. The van der Waals surface area contributed by atoms with Gasteiger partial charge >= 0.3 is 0 Å². The van der Waals surface area contributed by atoms with E-state index in [9.17, 15) is 0 Å². The summed E-state index contributed by atoms with van der Waals surface area (Å²) in [5.41, 5.74) is 5.40. The molecule has 2 nitrogen and oxygen atoms in total. The van der Waals surface area contributed by atoms with E-state index in [1.165, 1.54) is 0 Å². The van der Waals surface area contributed by atoms with Crippen LogP contribution in [-0.4, -0.2) is 9.97 Å². The van der Waals surface area contributed by atoms with Gasteiger partial charge in [-0.1, -0.05) is 76.6 Å². The van der Waals surface area contributed by atoms with Gasteiger partial charge in [0.25, 0.3) is 0 Å². The predicted octanol–water partition coefficient (Wildman–Crippen LogP) is 5.66. The molecule has 0 saturated carbocycles. The van der Waals surface area contributed by atoms with Gasteiger partial charge in [0.2, 0.25) is 0 Å². The van der Waals surface area contributed by atoms with Crippen molar-refractivity contribution < 1.29 is 0 Å². The van der Waals surface area contributed by atoms with Gasteiger partial charge in [-0.2, -0.15) is 0 Å². The molecule has 0 unspecified atom stereocenters. The number of imidazole rings is 1. The van der Waals surface area contributed by atoms with Crippen molar-refractivity contribution in [2.45, 2.75) is 0 Å². The molecule has 1 N–H and O–H groups in total. The lowest BCUT2D eigenvalue weighted by Gasteiger charge is -2.05. The van der Waals surface area contributed by atoms with Gasteiger partial charge in [0, 0.05) is 15.6 Å². The van der Waals surface area contributed by atoms with E-state index in [2.05, 4.69) is 57.3 Å². The Labute approximate surface area is 137 Å². The fourth-order valence-electron chi connectivity index (χ4n) is 2.66. The van der Waals surface area contributed by atoms with Crippen LogP contribution < -0.4 is 0 Å². The minimum absolute atomic E-state index is 0.894. The van der Waals surface area contributed by atoms with Crippen LogP contribution in [0.5, 0.6) is 0 Å². The largest absolute Gasteiger partial charge is 0.338 e. The van der Waals surface area contributed by atoms with Crippen LogP contribution in [0, 0.1) is 0 Å². The van der Waals surface area contributed by atoms with E-state index in [1.54, 1.807) is 0 Å². The van der Waals surface area contributed by atoms with Crippen molar-refractivity contribution in [3.8, 4) is 22.5 Å². The molecular weight excluding hydrogens is 336 g/mol. The molecule has 0 aliphatic carbocycles. The van der Waals surface area contributed by atoms with Crippen LogP contribution in [0.3, 0.4) is 0 Å². The molecule has 1 aromatic heterocycles. The van der Waals surface area contributed by atoms with Crippen LogP contribution in [0.4, 0.5) is 0 Å². The molecule has 0 radical (unpaired) electrons. The molecule has 0 bridgehead atoms. The van der Waals surface area contributed by atoms with E-state index in [1.807, 2.05) is 36.4 Å². The van der Waals surface area contributed by atoms with E-state index in [0.717, 1.165) is 38.0 Å². The zero-order valence-electron chi connectivity index (χ0n) is 11.8. The van der Waals surface area contributed by atoms with Crippen LogP contribution in [0.25, 0.3) is 33.5 Å². The van der Waals surface area contributed by atoms with Gasteiger partial charge in [-0.3, -0.25) is 0 Å². The molecule has 0 atom stereocenters. The van der Waals surface area contributed by atoms with Crippen LogP contribution in [-0.2, 0) is 0 Å². The Bertz CT molecular complexity index is 928. The summed E-state index contributed by atoms with van der Waals surface area (Å²) in [6.45, 7) is 0. The van der Waals surface area contributed by atoms with Gasteiger partial charge in [0.15, 0.2) is 0 Å². The lowest BCUT2D eigenvalue weighted by Crippen LogP contribution is -1.83. The summed E-state index contributed by atoms with van der Waals surface area (Å²) in [5, 5.41) is 0. The first-order valence-corrected chi connectivity index (χ1v) is 7.91. The number of rotatable bonds is 2. The highest BCUT2D eigenvalue weighted by Crippen LogP contribution is 2.35. The van der Waals surface area contributed by atoms with E-state index in [4.69, 9.17) is 4.98 Å². The van der Waals surface area contributed by atoms with Crippen LogP contribution in [0.15, 0.2) is 77.3 Å². The van der Waals surface area contributed by atoms with Gasteiger partial charge in [-0.15, -0.1) is 0 Å². The van der Waals surface area contributed by atoms with E-state index in [0.29, 0.717) is 0 Å².